The van der Waals surface area contributed by atoms with E-state index in [1.807, 2.05) is 31.2 Å². The normalized spacial score (nSPS) is 9.91. The molecule has 4 nitrogen and oxygen atoms in total. The van der Waals surface area contributed by atoms with Gasteiger partial charge in [-0.25, -0.2) is 0 Å². The summed E-state index contributed by atoms with van der Waals surface area (Å²) in [7, 11) is 0. The molecule has 0 aromatic heterocycles. The number of ether oxygens (including phenoxy) is 1. The molecule has 0 heterocycles. The van der Waals surface area contributed by atoms with E-state index in [2.05, 4.69) is 11.4 Å². The van der Waals surface area contributed by atoms with Crippen LogP contribution in [0.1, 0.15) is 18.1 Å². The summed E-state index contributed by atoms with van der Waals surface area (Å²) >= 11 is 1.51. The third-order valence-electron chi connectivity index (χ3n) is 3.08. The highest BCUT2D eigenvalue weighted by atomic mass is 32.2. The summed E-state index contributed by atoms with van der Waals surface area (Å²) in [5.41, 5.74) is 2.09. The van der Waals surface area contributed by atoms with E-state index in [1.54, 1.807) is 24.3 Å². The lowest BCUT2D eigenvalue weighted by atomic mass is 10.2. The number of benzene rings is 2. The van der Waals surface area contributed by atoms with Crippen molar-refractivity contribution >= 4 is 23.4 Å². The van der Waals surface area contributed by atoms with Crippen LogP contribution in [-0.4, -0.2) is 18.3 Å². The van der Waals surface area contributed by atoms with E-state index >= 15 is 0 Å². The summed E-state index contributed by atoms with van der Waals surface area (Å²) < 4.78 is 5.57. The van der Waals surface area contributed by atoms with Crippen molar-refractivity contribution in [3.63, 3.8) is 0 Å². The van der Waals surface area contributed by atoms with E-state index in [9.17, 15) is 4.79 Å². The minimum atomic E-state index is -0.119. The van der Waals surface area contributed by atoms with E-state index in [0.717, 1.165) is 11.3 Å². The monoisotopic (exact) mass is 326 g/mol. The molecule has 2 rings (SSSR count). The highest BCUT2D eigenvalue weighted by molar-refractivity contribution is 7.99. The maximum absolute atomic E-state index is 12.0. The van der Waals surface area contributed by atoms with Crippen molar-refractivity contribution in [1.82, 2.24) is 0 Å². The van der Waals surface area contributed by atoms with Crippen molar-refractivity contribution in [3.8, 4) is 11.8 Å². The quantitative estimate of drug-likeness (QED) is 0.840. The number of nitriles is 1. The Kier molecular flexibility index (Phi) is 6.52. The molecular formula is C18H18N2O2S. The second-order valence-corrected chi connectivity index (χ2v) is 5.72. The zero-order valence-corrected chi connectivity index (χ0v) is 13.7. The first-order valence-corrected chi connectivity index (χ1v) is 8.47. The second kappa shape index (κ2) is 8.86. The Morgan fingerprint density at radius 2 is 1.96 bits per heavy atom. The van der Waals surface area contributed by atoms with Crippen LogP contribution in [0.15, 0.2) is 48.5 Å². The summed E-state index contributed by atoms with van der Waals surface area (Å²) in [4.78, 5) is 12.0. The van der Waals surface area contributed by atoms with Crippen molar-refractivity contribution in [2.75, 3.05) is 17.7 Å². The van der Waals surface area contributed by atoms with Crippen LogP contribution in [-0.2, 0) is 10.5 Å². The lowest BCUT2D eigenvalue weighted by Crippen LogP contribution is -2.15. The molecule has 0 aliphatic carbocycles. The molecule has 0 radical (unpaired) electrons. The Morgan fingerprint density at radius 1 is 1.22 bits per heavy atom. The van der Waals surface area contributed by atoms with E-state index in [4.69, 9.17) is 10.00 Å². The van der Waals surface area contributed by atoms with Crippen LogP contribution < -0.4 is 10.1 Å². The van der Waals surface area contributed by atoms with Gasteiger partial charge in [0.1, 0.15) is 11.8 Å². The van der Waals surface area contributed by atoms with Crippen LogP contribution in [0.4, 0.5) is 5.69 Å². The number of nitrogens with zero attached hydrogens (tertiary/aromatic N) is 1. The Labute approximate surface area is 140 Å². The number of anilines is 1. The predicted molar refractivity (Wildman–Crippen MR) is 93.6 cm³/mol. The molecule has 0 bridgehead atoms. The van der Waals surface area contributed by atoms with Crippen molar-refractivity contribution in [2.45, 2.75) is 12.7 Å². The predicted octanol–water partition coefficient (Wildman–Crippen LogP) is 3.83. The van der Waals surface area contributed by atoms with E-state index in [1.165, 1.54) is 11.8 Å². The fourth-order valence-corrected chi connectivity index (χ4v) is 2.87. The summed E-state index contributed by atoms with van der Waals surface area (Å²) in [6.45, 7) is 2.57. The zero-order chi connectivity index (χ0) is 16.5. The minimum Gasteiger partial charge on any atom is -0.494 e. The highest BCUT2D eigenvalue weighted by Crippen LogP contribution is 2.23. The van der Waals surface area contributed by atoms with Gasteiger partial charge in [-0.05, 0) is 25.1 Å². The van der Waals surface area contributed by atoms with Crippen molar-refractivity contribution in [1.29, 1.82) is 5.26 Å². The van der Waals surface area contributed by atoms with Gasteiger partial charge in [-0.15, -0.1) is 11.8 Å². The zero-order valence-electron chi connectivity index (χ0n) is 12.9. The van der Waals surface area contributed by atoms with Crippen molar-refractivity contribution < 1.29 is 9.53 Å². The van der Waals surface area contributed by atoms with Gasteiger partial charge in [0.15, 0.2) is 0 Å². The number of amides is 1. The van der Waals surface area contributed by atoms with Crippen LogP contribution in [0.5, 0.6) is 5.75 Å². The lowest BCUT2D eigenvalue weighted by Gasteiger charge is -2.10. The van der Waals surface area contributed by atoms with Crippen LogP contribution in [0, 0.1) is 11.3 Å². The fourth-order valence-electron chi connectivity index (χ4n) is 2.05. The Morgan fingerprint density at radius 3 is 2.74 bits per heavy atom. The highest BCUT2D eigenvalue weighted by Gasteiger charge is 2.08. The molecule has 0 saturated carbocycles. The minimum absolute atomic E-state index is 0.119. The lowest BCUT2D eigenvalue weighted by molar-refractivity contribution is -0.113. The number of para-hydroxylation sites is 2. The first kappa shape index (κ1) is 16.9. The SMILES string of the molecule is CCOc1ccccc1CSCC(=O)Nc1ccccc1C#N. The van der Waals surface area contributed by atoms with Gasteiger partial charge in [-0.1, -0.05) is 30.3 Å². The van der Waals surface area contributed by atoms with Gasteiger partial charge in [-0.3, -0.25) is 4.79 Å². The summed E-state index contributed by atoms with van der Waals surface area (Å²) in [6, 6.07) is 16.9. The number of rotatable bonds is 7. The van der Waals surface area contributed by atoms with Crippen LogP contribution in [0.3, 0.4) is 0 Å². The van der Waals surface area contributed by atoms with Crippen LogP contribution in [0.25, 0.3) is 0 Å². The Bertz CT molecular complexity index is 710. The molecular weight excluding hydrogens is 308 g/mol. The molecule has 0 unspecified atom stereocenters. The molecule has 1 N–H and O–H groups in total. The van der Waals surface area contributed by atoms with E-state index in [0.29, 0.717) is 29.4 Å². The third kappa shape index (κ3) is 5.04. The van der Waals surface area contributed by atoms with Gasteiger partial charge in [0.25, 0.3) is 0 Å². The topological polar surface area (TPSA) is 62.1 Å². The number of thioether (sulfide) groups is 1. The number of carbonyl (C=O) groups excluding carboxylic acids is 1. The molecule has 0 aliphatic rings. The smallest absolute Gasteiger partial charge is 0.234 e. The first-order valence-electron chi connectivity index (χ1n) is 7.32. The summed E-state index contributed by atoms with van der Waals surface area (Å²) in [5, 5.41) is 11.8. The number of hydrogen-bond acceptors (Lipinski definition) is 4. The van der Waals surface area contributed by atoms with E-state index in [-0.39, 0.29) is 5.91 Å². The molecule has 0 fully saturated rings. The summed E-state index contributed by atoms with van der Waals surface area (Å²) in [6.07, 6.45) is 0. The maximum Gasteiger partial charge on any atom is 0.234 e. The van der Waals surface area contributed by atoms with Crippen molar-refractivity contribution in [3.05, 3.63) is 59.7 Å². The molecule has 118 valence electrons. The molecule has 23 heavy (non-hydrogen) atoms. The average Bonchev–Trinajstić information content (AvgIpc) is 2.57. The average molecular weight is 326 g/mol. The third-order valence-corrected chi connectivity index (χ3v) is 4.07. The molecule has 0 spiro atoms. The maximum atomic E-state index is 12.0. The molecule has 0 atom stereocenters. The van der Waals surface area contributed by atoms with Crippen LogP contribution in [0.2, 0.25) is 0 Å². The van der Waals surface area contributed by atoms with Gasteiger partial charge in [0.2, 0.25) is 5.91 Å². The first-order chi connectivity index (χ1) is 11.2. The Balaban J connectivity index is 1.87. The molecule has 2 aromatic carbocycles. The number of nitrogens with one attached hydrogen (secondary N) is 1. The summed E-state index contributed by atoms with van der Waals surface area (Å²) in [5.74, 6) is 1.76. The molecule has 5 heteroatoms. The second-order valence-electron chi connectivity index (χ2n) is 4.74. The van der Waals surface area contributed by atoms with Crippen molar-refractivity contribution in [2.24, 2.45) is 0 Å². The van der Waals surface area contributed by atoms with Gasteiger partial charge in [0.05, 0.1) is 23.6 Å². The van der Waals surface area contributed by atoms with Crippen LogP contribution >= 0.6 is 11.8 Å². The largest absolute Gasteiger partial charge is 0.494 e. The molecule has 0 aliphatic heterocycles. The Hall–Kier alpha value is -2.45. The van der Waals surface area contributed by atoms with Gasteiger partial charge >= 0.3 is 0 Å². The number of hydrogen-bond donors (Lipinski definition) is 1. The molecule has 0 saturated heterocycles. The standard InChI is InChI=1S/C18H18N2O2S/c1-2-22-17-10-6-4-8-15(17)12-23-13-18(21)20-16-9-5-3-7-14(16)11-19/h3-10H,2,12-13H2,1H3,(H,20,21). The fraction of sp³-hybridized carbons (Fsp3) is 0.222. The van der Waals surface area contributed by atoms with Gasteiger partial charge in [0, 0.05) is 11.3 Å². The van der Waals surface area contributed by atoms with Gasteiger partial charge in [-0.2, -0.15) is 5.26 Å². The van der Waals surface area contributed by atoms with E-state index < -0.39 is 0 Å². The molecule has 2 aromatic rings. The molecule has 1 amide bonds. The number of carbonyl (C=O) groups is 1. The van der Waals surface area contributed by atoms with Gasteiger partial charge < -0.3 is 10.1 Å².